The maximum atomic E-state index is 12.4. The molecule has 5 nitrogen and oxygen atoms in total. The molecule has 1 aliphatic heterocycles. The van der Waals surface area contributed by atoms with Crippen LogP contribution in [0, 0.1) is 12.8 Å². The van der Waals surface area contributed by atoms with Gasteiger partial charge in [0, 0.05) is 25.6 Å². The smallest absolute Gasteiger partial charge is 0.225 e. The van der Waals surface area contributed by atoms with E-state index >= 15 is 0 Å². The van der Waals surface area contributed by atoms with Gasteiger partial charge in [0.2, 0.25) is 5.91 Å². The van der Waals surface area contributed by atoms with Crippen LogP contribution in [0.3, 0.4) is 0 Å². The molecule has 2 rings (SSSR count). The normalized spacial score (nSPS) is 17.5. The molecule has 1 heterocycles. The van der Waals surface area contributed by atoms with Gasteiger partial charge in [0.1, 0.15) is 18.5 Å². The lowest BCUT2D eigenvalue weighted by Gasteiger charge is -2.35. The third-order valence-corrected chi connectivity index (χ3v) is 4.96. The van der Waals surface area contributed by atoms with Crippen molar-refractivity contribution in [2.24, 2.45) is 5.92 Å². The molecule has 1 saturated heterocycles. The Labute approximate surface area is 151 Å². The number of aliphatic hydroxyl groups excluding tert-OH is 1. The molecular formula is C20H32N2O3. The minimum Gasteiger partial charge on any atom is -0.491 e. The molecule has 0 aliphatic carbocycles. The van der Waals surface area contributed by atoms with Crippen LogP contribution in [0.4, 0.5) is 0 Å². The summed E-state index contributed by atoms with van der Waals surface area (Å²) >= 11 is 0. The predicted molar refractivity (Wildman–Crippen MR) is 99.8 cm³/mol. The summed E-state index contributed by atoms with van der Waals surface area (Å²) in [7, 11) is 1.88. The second-order valence-corrected chi connectivity index (χ2v) is 7.40. The van der Waals surface area contributed by atoms with Gasteiger partial charge in [-0.2, -0.15) is 0 Å². The molecule has 1 N–H and O–H groups in total. The van der Waals surface area contributed by atoms with Gasteiger partial charge in [-0.25, -0.2) is 0 Å². The standard InChI is InChI=1S/C20H32N2O3/c1-15(2)21(4)20(24)17-8-10-22(11-9-17)13-18(23)14-25-19-7-5-6-16(3)12-19/h5-7,12,15,17-18,23H,8-11,13-14H2,1-4H3. The van der Waals surface area contributed by atoms with Crippen molar-refractivity contribution in [2.75, 3.05) is 33.3 Å². The van der Waals surface area contributed by atoms with Crippen LogP contribution in [-0.2, 0) is 4.79 Å². The Bertz CT molecular complexity index is 554. The number of benzene rings is 1. The summed E-state index contributed by atoms with van der Waals surface area (Å²) < 4.78 is 5.67. The molecule has 1 unspecified atom stereocenters. The summed E-state index contributed by atoms with van der Waals surface area (Å²) in [5.74, 6) is 1.15. The van der Waals surface area contributed by atoms with E-state index in [1.54, 1.807) is 0 Å². The number of rotatable bonds is 7. The van der Waals surface area contributed by atoms with Crippen LogP contribution in [0.1, 0.15) is 32.3 Å². The van der Waals surface area contributed by atoms with Crippen LogP contribution in [-0.4, -0.2) is 66.2 Å². The van der Waals surface area contributed by atoms with Gasteiger partial charge in [-0.3, -0.25) is 4.79 Å². The average Bonchev–Trinajstić information content (AvgIpc) is 2.59. The Balaban J connectivity index is 1.71. The summed E-state index contributed by atoms with van der Waals surface area (Å²) in [6, 6.07) is 8.08. The van der Waals surface area contributed by atoms with E-state index in [4.69, 9.17) is 4.74 Å². The molecule has 0 bridgehead atoms. The second-order valence-electron chi connectivity index (χ2n) is 7.40. The summed E-state index contributed by atoms with van der Waals surface area (Å²) in [5, 5.41) is 10.2. The zero-order valence-corrected chi connectivity index (χ0v) is 15.9. The average molecular weight is 348 g/mol. The number of likely N-dealkylation sites (tertiary alicyclic amines) is 1. The van der Waals surface area contributed by atoms with Gasteiger partial charge in [-0.1, -0.05) is 12.1 Å². The summed E-state index contributed by atoms with van der Waals surface area (Å²) in [6.07, 6.45) is 1.20. The Hall–Kier alpha value is -1.59. The van der Waals surface area contributed by atoms with Gasteiger partial charge >= 0.3 is 0 Å². The first-order valence-corrected chi connectivity index (χ1v) is 9.23. The molecule has 1 fully saturated rings. The highest BCUT2D eigenvalue weighted by molar-refractivity contribution is 5.78. The number of hydrogen-bond acceptors (Lipinski definition) is 4. The van der Waals surface area contributed by atoms with Crippen molar-refractivity contribution in [1.82, 2.24) is 9.80 Å². The van der Waals surface area contributed by atoms with Gasteiger partial charge in [0.25, 0.3) is 0 Å². The Morgan fingerprint density at radius 3 is 2.64 bits per heavy atom. The minimum atomic E-state index is -0.522. The van der Waals surface area contributed by atoms with E-state index in [9.17, 15) is 9.90 Å². The molecular weight excluding hydrogens is 316 g/mol. The number of aliphatic hydroxyl groups is 1. The second kappa shape index (κ2) is 9.20. The number of piperidine rings is 1. The molecule has 1 aromatic rings. The fraction of sp³-hybridized carbons (Fsp3) is 0.650. The zero-order chi connectivity index (χ0) is 18.4. The van der Waals surface area contributed by atoms with Crippen LogP contribution in [0.5, 0.6) is 5.75 Å². The van der Waals surface area contributed by atoms with Crippen molar-refractivity contribution < 1.29 is 14.6 Å². The van der Waals surface area contributed by atoms with E-state index in [0.29, 0.717) is 13.2 Å². The number of carbonyl (C=O) groups is 1. The van der Waals surface area contributed by atoms with Gasteiger partial charge in [-0.05, 0) is 64.4 Å². The van der Waals surface area contributed by atoms with Gasteiger partial charge in [0.15, 0.2) is 0 Å². The van der Waals surface area contributed by atoms with E-state index in [2.05, 4.69) is 4.90 Å². The molecule has 1 aromatic carbocycles. The summed E-state index contributed by atoms with van der Waals surface area (Å²) in [4.78, 5) is 16.5. The zero-order valence-electron chi connectivity index (χ0n) is 15.9. The highest BCUT2D eigenvalue weighted by Gasteiger charge is 2.28. The number of nitrogens with zero attached hydrogens (tertiary/aromatic N) is 2. The molecule has 25 heavy (non-hydrogen) atoms. The lowest BCUT2D eigenvalue weighted by Crippen LogP contribution is -2.45. The van der Waals surface area contributed by atoms with Crippen molar-refractivity contribution in [1.29, 1.82) is 0 Å². The fourth-order valence-corrected chi connectivity index (χ4v) is 3.15. The largest absolute Gasteiger partial charge is 0.491 e. The minimum absolute atomic E-state index is 0.115. The van der Waals surface area contributed by atoms with Crippen LogP contribution in [0.25, 0.3) is 0 Å². The van der Waals surface area contributed by atoms with Crippen LogP contribution in [0.2, 0.25) is 0 Å². The van der Waals surface area contributed by atoms with Gasteiger partial charge in [-0.15, -0.1) is 0 Å². The maximum absolute atomic E-state index is 12.4. The third kappa shape index (κ3) is 6.01. The van der Waals surface area contributed by atoms with Crippen LogP contribution < -0.4 is 4.74 Å². The first kappa shape index (κ1) is 19.7. The first-order valence-electron chi connectivity index (χ1n) is 9.23. The molecule has 5 heteroatoms. The van der Waals surface area contributed by atoms with Crippen molar-refractivity contribution in [2.45, 2.75) is 45.8 Å². The first-order chi connectivity index (χ1) is 11.9. The van der Waals surface area contributed by atoms with Crippen molar-refractivity contribution >= 4 is 5.91 Å². The predicted octanol–water partition coefficient (Wildman–Crippen LogP) is 2.31. The maximum Gasteiger partial charge on any atom is 0.225 e. The number of amides is 1. The number of carbonyl (C=O) groups excluding carboxylic acids is 1. The molecule has 0 saturated carbocycles. The topological polar surface area (TPSA) is 53.0 Å². The summed E-state index contributed by atoms with van der Waals surface area (Å²) in [6.45, 7) is 8.68. The highest BCUT2D eigenvalue weighted by Crippen LogP contribution is 2.20. The number of aryl methyl sites for hydroxylation is 1. The highest BCUT2D eigenvalue weighted by atomic mass is 16.5. The molecule has 0 spiro atoms. The van der Waals surface area contributed by atoms with E-state index in [0.717, 1.165) is 37.2 Å². The fourth-order valence-electron chi connectivity index (χ4n) is 3.15. The summed E-state index contributed by atoms with van der Waals surface area (Å²) in [5.41, 5.74) is 1.14. The van der Waals surface area contributed by atoms with Crippen molar-refractivity contribution in [3.8, 4) is 5.75 Å². The van der Waals surface area contributed by atoms with E-state index in [-0.39, 0.29) is 17.9 Å². The third-order valence-electron chi connectivity index (χ3n) is 4.96. The van der Waals surface area contributed by atoms with Crippen molar-refractivity contribution in [3.05, 3.63) is 29.8 Å². The van der Waals surface area contributed by atoms with E-state index in [1.807, 2.05) is 57.0 Å². The Kier molecular flexibility index (Phi) is 7.26. The van der Waals surface area contributed by atoms with E-state index in [1.165, 1.54) is 0 Å². The van der Waals surface area contributed by atoms with Crippen molar-refractivity contribution in [3.63, 3.8) is 0 Å². The van der Waals surface area contributed by atoms with Gasteiger partial charge < -0.3 is 19.6 Å². The molecule has 1 aliphatic rings. The van der Waals surface area contributed by atoms with Crippen LogP contribution in [0.15, 0.2) is 24.3 Å². The SMILES string of the molecule is Cc1cccc(OCC(O)CN2CCC(C(=O)N(C)C(C)C)CC2)c1. The Morgan fingerprint density at radius 1 is 1.36 bits per heavy atom. The quantitative estimate of drug-likeness (QED) is 0.822. The number of ether oxygens (including phenoxy) is 1. The lowest BCUT2D eigenvalue weighted by atomic mass is 9.95. The molecule has 1 atom stereocenters. The van der Waals surface area contributed by atoms with Gasteiger partial charge in [0.05, 0.1) is 0 Å². The number of hydrogen-bond donors (Lipinski definition) is 1. The van der Waals surface area contributed by atoms with E-state index < -0.39 is 6.10 Å². The van der Waals surface area contributed by atoms with Crippen LogP contribution >= 0.6 is 0 Å². The lowest BCUT2D eigenvalue weighted by molar-refractivity contribution is -0.137. The number of β-amino-alcohol motifs (C(OH)–C–C–N with tert-alkyl or cyclic N) is 1. The molecule has 0 aromatic heterocycles. The molecule has 140 valence electrons. The molecule has 1 amide bonds. The molecule has 0 radical (unpaired) electrons. The Morgan fingerprint density at radius 2 is 2.04 bits per heavy atom. The monoisotopic (exact) mass is 348 g/mol.